The summed E-state index contributed by atoms with van der Waals surface area (Å²) < 4.78 is 6.44. The van der Waals surface area contributed by atoms with E-state index in [4.69, 9.17) is 4.74 Å². The van der Waals surface area contributed by atoms with Gasteiger partial charge in [0, 0.05) is 4.47 Å². The number of hydrogen-bond donors (Lipinski definition) is 2. The summed E-state index contributed by atoms with van der Waals surface area (Å²) in [6, 6.07) is 7.32. The third kappa shape index (κ3) is 6.91. The highest BCUT2D eigenvalue weighted by atomic mass is 79.9. The first-order valence-corrected chi connectivity index (χ1v) is 7.59. The Kier molecular flexibility index (Phi) is 7.62. The van der Waals surface area contributed by atoms with E-state index < -0.39 is 0 Å². The molecule has 0 aliphatic carbocycles. The van der Waals surface area contributed by atoms with E-state index in [-0.39, 0.29) is 25.0 Å². The van der Waals surface area contributed by atoms with Crippen LogP contribution in [0.1, 0.15) is 26.7 Å². The number of ether oxygens (including phenoxy) is 1. The standard InChI is InChI=1S/C15H22BrNO3/c1-11(2)8-13(10-18)17-15(19)6-7-20-14-5-3-4-12(16)9-14/h3-5,9,11,13,18H,6-8,10H2,1-2H3,(H,17,19). The molecule has 1 atom stereocenters. The van der Waals surface area contributed by atoms with Crippen molar-refractivity contribution in [2.75, 3.05) is 13.2 Å². The van der Waals surface area contributed by atoms with Gasteiger partial charge in [-0.15, -0.1) is 0 Å². The lowest BCUT2D eigenvalue weighted by atomic mass is 10.0. The molecule has 4 nitrogen and oxygen atoms in total. The Labute approximate surface area is 128 Å². The van der Waals surface area contributed by atoms with Gasteiger partial charge in [0.15, 0.2) is 0 Å². The molecule has 0 heterocycles. The van der Waals surface area contributed by atoms with Crippen LogP contribution in [0.4, 0.5) is 0 Å². The number of halogens is 1. The number of benzene rings is 1. The van der Waals surface area contributed by atoms with Crippen molar-refractivity contribution in [1.82, 2.24) is 5.32 Å². The molecule has 0 saturated heterocycles. The fourth-order valence-corrected chi connectivity index (χ4v) is 2.24. The van der Waals surface area contributed by atoms with E-state index in [0.717, 1.165) is 16.6 Å². The molecule has 20 heavy (non-hydrogen) atoms. The quantitative estimate of drug-likeness (QED) is 0.762. The number of nitrogens with one attached hydrogen (secondary N) is 1. The molecule has 0 radical (unpaired) electrons. The zero-order chi connectivity index (χ0) is 15.0. The minimum absolute atomic E-state index is 0.0313. The van der Waals surface area contributed by atoms with Crippen LogP contribution in [0.2, 0.25) is 0 Å². The maximum absolute atomic E-state index is 11.7. The summed E-state index contributed by atoms with van der Waals surface area (Å²) in [7, 11) is 0. The van der Waals surface area contributed by atoms with Crippen molar-refractivity contribution in [2.45, 2.75) is 32.7 Å². The highest BCUT2D eigenvalue weighted by Gasteiger charge is 2.12. The maximum atomic E-state index is 11.7. The van der Waals surface area contributed by atoms with Crippen molar-refractivity contribution >= 4 is 21.8 Å². The van der Waals surface area contributed by atoms with Crippen molar-refractivity contribution in [3.8, 4) is 5.75 Å². The average molecular weight is 344 g/mol. The van der Waals surface area contributed by atoms with Crippen molar-refractivity contribution in [2.24, 2.45) is 5.92 Å². The number of hydrogen-bond acceptors (Lipinski definition) is 3. The normalized spacial score (nSPS) is 12.2. The van der Waals surface area contributed by atoms with E-state index in [1.807, 2.05) is 24.3 Å². The molecule has 1 rings (SSSR count). The van der Waals surface area contributed by atoms with Gasteiger partial charge in [0.1, 0.15) is 5.75 Å². The van der Waals surface area contributed by atoms with Crippen LogP contribution in [0.25, 0.3) is 0 Å². The molecular weight excluding hydrogens is 322 g/mol. The molecule has 0 saturated carbocycles. The second-order valence-electron chi connectivity index (χ2n) is 5.13. The minimum Gasteiger partial charge on any atom is -0.493 e. The molecule has 0 aliphatic heterocycles. The predicted molar refractivity (Wildman–Crippen MR) is 82.7 cm³/mol. The molecule has 2 N–H and O–H groups in total. The topological polar surface area (TPSA) is 58.6 Å². The highest BCUT2D eigenvalue weighted by molar-refractivity contribution is 9.10. The molecule has 1 aromatic carbocycles. The third-order valence-electron chi connectivity index (χ3n) is 2.74. The van der Waals surface area contributed by atoms with Crippen LogP contribution in [-0.4, -0.2) is 30.3 Å². The Morgan fingerprint density at radius 1 is 1.45 bits per heavy atom. The van der Waals surface area contributed by atoms with Gasteiger partial charge in [0.05, 0.1) is 25.7 Å². The summed E-state index contributed by atoms with van der Waals surface area (Å²) in [5.41, 5.74) is 0. The molecule has 0 spiro atoms. The lowest BCUT2D eigenvalue weighted by Gasteiger charge is -2.18. The third-order valence-corrected chi connectivity index (χ3v) is 3.23. The van der Waals surface area contributed by atoms with Gasteiger partial charge >= 0.3 is 0 Å². The zero-order valence-corrected chi connectivity index (χ0v) is 13.5. The van der Waals surface area contributed by atoms with Gasteiger partial charge < -0.3 is 15.2 Å². The van der Waals surface area contributed by atoms with Crippen LogP contribution in [0, 0.1) is 5.92 Å². The molecule has 0 aliphatic rings. The Balaban J connectivity index is 2.29. The molecule has 1 unspecified atom stereocenters. The average Bonchev–Trinajstić information content (AvgIpc) is 2.37. The van der Waals surface area contributed by atoms with Crippen molar-refractivity contribution in [1.29, 1.82) is 0 Å². The van der Waals surface area contributed by atoms with Crippen LogP contribution in [0.15, 0.2) is 28.7 Å². The Morgan fingerprint density at radius 2 is 2.20 bits per heavy atom. The summed E-state index contributed by atoms with van der Waals surface area (Å²) in [6.07, 6.45) is 1.05. The first-order chi connectivity index (χ1) is 9.51. The van der Waals surface area contributed by atoms with E-state index in [1.54, 1.807) is 0 Å². The van der Waals surface area contributed by atoms with Crippen molar-refractivity contribution in [3.63, 3.8) is 0 Å². The van der Waals surface area contributed by atoms with Gasteiger partial charge in [-0.05, 0) is 30.5 Å². The monoisotopic (exact) mass is 343 g/mol. The summed E-state index contributed by atoms with van der Waals surface area (Å²) in [6.45, 7) is 4.41. The molecule has 0 aromatic heterocycles. The molecule has 1 amide bonds. The van der Waals surface area contributed by atoms with Gasteiger partial charge in [0.25, 0.3) is 0 Å². The van der Waals surface area contributed by atoms with Gasteiger partial charge in [0.2, 0.25) is 5.91 Å². The second-order valence-corrected chi connectivity index (χ2v) is 6.05. The Morgan fingerprint density at radius 3 is 2.80 bits per heavy atom. The zero-order valence-electron chi connectivity index (χ0n) is 11.9. The van der Waals surface area contributed by atoms with E-state index in [9.17, 15) is 9.90 Å². The molecule has 0 bridgehead atoms. The predicted octanol–water partition coefficient (Wildman–Crippen LogP) is 2.74. The number of amides is 1. The number of aliphatic hydroxyl groups is 1. The Bertz CT molecular complexity index is 423. The lowest BCUT2D eigenvalue weighted by Crippen LogP contribution is -2.38. The molecule has 112 valence electrons. The highest BCUT2D eigenvalue weighted by Crippen LogP contribution is 2.17. The first kappa shape index (κ1) is 17.0. The number of rotatable bonds is 8. The smallest absolute Gasteiger partial charge is 0.223 e. The SMILES string of the molecule is CC(C)CC(CO)NC(=O)CCOc1cccc(Br)c1. The van der Waals surface area contributed by atoms with Crippen LogP contribution in [0.5, 0.6) is 5.75 Å². The van der Waals surface area contributed by atoms with Gasteiger partial charge in [-0.1, -0.05) is 35.8 Å². The molecular formula is C15H22BrNO3. The molecule has 0 fully saturated rings. The Hall–Kier alpha value is -1.07. The van der Waals surface area contributed by atoms with Crippen molar-refractivity contribution < 1.29 is 14.6 Å². The fourth-order valence-electron chi connectivity index (χ4n) is 1.87. The van der Waals surface area contributed by atoms with E-state index in [2.05, 4.69) is 35.1 Å². The van der Waals surface area contributed by atoms with Crippen molar-refractivity contribution in [3.05, 3.63) is 28.7 Å². The number of carbonyl (C=O) groups is 1. The minimum atomic E-state index is -0.173. The van der Waals surface area contributed by atoms with E-state index >= 15 is 0 Å². The molecule has 5 heteroatoms. The van der Waals surface area contributed by atoms with E-state index in [1.165, 1.54) is 0 Å². The first-order valence-electron chi connectivity index (χ1n) is 6.80. The second kappa shape index (κ2) is 8.97. The van der Waals surface area contributed by atoms with Gasteiger partial charge in [-0.25, -0.2) is 0 Å². The summed E-state index contributed by atoms with van der Waals surface area (Å²) in [5.74, 6) is 1.07. The number of aliphatic hydroxyl groups excluding tert-OH is 1. The van der Waals surface area contributed by atoms with Crippen LogP contribution < -0.4 is 10.1 Å². The fraction of sp³-hybridized carbons (Fsp3) is 0.533. The molecule has 1 aromatic rings. The largest absolute Gasteiger partial charge is 0.493 e. The van der Waals surface area contributed by atoms with Crippen LogP contribution in [-0.2, 0) is 4.79 Å². The maximum Gasteiger partial charge on any atom is 0.223 e. The van der Waals surface area contributed by atoms with Crippen LogP contribution in [0.3, 0.4) is 0 Å². The summed E-state index contributed by atoms with van der Waals surface area (Å²) >= 11 is 3.36. The summed E-state index contributed by atoms with van der Waals surface area (Å²) in [5, 5.41) is 12.0. The van der Waals surface area contributed by atoms with Gasteiger partial charge in [-0.3, -0.25) is 4.79 Å². The van der Waals surface area contributed by atoms with Crippen LogP contribution >= 0.6 is 15.9 Å². The van der Waals surface area contributed by atoms with Gasteiger partial charge in [-0.2, -0.15) is 0 Å². The van der Waals surface area contributed by atoms with E-state index in [0.29, 0.717) is 12.5 Å². The lowest BCUT2D eigenvalue weighted by molar-refractivity contribution is -0.122. The number of carbonyl (C=O) groups excluding carboxylic acids is 1. The summed E-state index contributed by atoms with van der Waals surface area (Å²) in [4.78, 5) is 11.7.